The number of hydrogen-bond acceptors (Lipinski definition) is 3. The summed E-state index contributed by atoms with van der Waals surface area (Å²) < 4.78 is 1.92. The van der Waals surface area contributed by atoms with E-state index in [9.17, 15) is 0 Å². The van der Waals surface area contributed by atoms with E-state index in [-0.39, 0.29) is 6.04 Å². The predicted octanol–water partition coefficient (Wildman–Crippen LogP) is 2.65. The summed E-state index contributed by atoms with van der Waals surface area (Å²) in [5, 5.41) is 5.00. The Balaban J connectivity index is 2.17. The van der Waals surface area contributed by atoms with Gasteiger partial charge in [-0.25, -0.2) is 0 Å². The van der Waals surface area contributed by atoms with Gasteiger partial charge in [-0.1, -0.05) is 35.9 Å². The number of aryl methyl sites for hydroxylation is 1. The minimum Gasteiger partial charge on any atom is -0.322 e. The lowest BCUT2D eigenvalue weighted by molar-refractivity contribution is 0.366. The van der Waals surface area contributed by atoms with Gasteiger partial charge in [0, 0.05) is 6.54 Å². The highest BCUT2D eigenvalue weighted by Crippen LogP contribution is 2.25. The maximum atomic E-state index is 6.39. The number of halogens is 1. The fraction of sp³-hybridized carbons (Fsp3) is 0.438. The molecule has 0 amide bonds. The van der Waals surface area contributed by atoms with E-state index in [1.54, 1.807) is 6.20 Å². The molecule has 0 fully saturated rings. The second-order valence-corrected chi connectivity index (χ2v) is 6.05. The van der Waals surface area contributed by atoms with Crippen molar-refractivity contribution in [3.63, 3.8) is 0 Å². The zero-order valence-electron chi connectivity index (χ0n) is 12.9. The Bertz CT molecular complexity index is 592. The second-order valence-electron chi connectivity index (χ2n) is 5.64. The van der Waals surface area contributed by atoms with Gasteiger partial charge < -0.3 is 10.6 Å². The van der Waals surface area contributed by atoms with Gasteiger partial charge in [0.15, 0.2) is 0 Å². The third-order valence-corrected chi connectivity index (χ3v) is 3.94. The molecular weight excluding hydrogens is 284 g/mol. The van der Waals surface area contributed by atoms with Crippen molar-refractivity contribution in [2.75, 3.05) is 20.6 Å². The first-order valence-corrected chi connectivity index (χ1v) is 7.53. The number of rotatable bonds is 6. The lowest BCUT2D eigenvalue weighted by Gasteiger charge is -2.17. The fourth-order valence-electron chi connectivity index (χ4n) is 2.39. The standard InChI is InChI=1S/C16H23ClN4/c1-12-6-4-5-7-13(12)10-15(18)16-14(17)11-19-21(16)9-8-20(2)3/h4-7,11,15H,8-10,18H2,1-3H3. The van der Waals surface area contributed by atoms with Crippen LogP contribution in [0, 0.1) is 6.92 Å². The molecule has 0 bridgehead atoms. The molecule has 2 rings (SSSR count). The van der Waals surface area contributed by atoms with Crippen molar-refractivity contribution in [2.45, 2.75) is 25.9 Å². The van der Waals surface area contributed by atoms with Gasteiger partial charge in [0.1, 0.15) is 0 Å². The van der Waals surface area contributed by atoms with Crippen LogP contribution < -0.4 is 5.73 Å². The number of benzene rings is 1. The molecule has 1 heterocycles. The monoisotopic (exact) mass is 306 g/mol. The molecule has 0 saturated carbocycles. The van der Waals surface area contributed by atoms with Crippen LogP contribution in [0.2, 0.25) is 5.02 Å². The SMILES string of the molecule is Cc1ccccc1CC(N)c1c(Cl)cnn1CCN(C)C. The molecule has 2 aromatic rings. The number of nitrogens with two attached hydrogens (primary N) is 1. The molecule has 5 heteroatoms. The molecule has 0 aliphatic rings. The van der Waals surface area contributed by atoms with Crippen LogP contribution in [-0.4, -0.2) is 35.3 Å². The predicted molar refractivity (Wildman–Crippen MR) is 87.6 cm³/mol. The summed E-state index contributed by atoms with van der Waals surface area (Å²) in [4.78, 5) is 2.12. The molecule has 1 aromatic heterocycles. The lowest BCUT2D eigenvalue weighted by Crippen LogP contribution is -2.24. The van der Waals surface area contributed by atoms with Gasteiger partial charge in [-0.3, -0.25) is 4.68 Å². The third-order valence-electron chi connectivity index (χ3n) is 3.64. The summed E-state index contributed by atoms with van der Waals surface area (Å²) in [5.41, 5.74) is 9.81. The highest BCUT2D eigenvalue weighted by atomic mass is 35.5. The molecule has 2 N–H and O–H groups in total. The first kappa shape index (κ1) is 16.0. The maximum Gasteiger partial charge on any atom is 0.0834 e. The van der Waals surface area contributed by atoms with Crippen molar-refractivity contribution < 1.29 is 0 Å². The summed E-state index contributed by atoms with van der Waals surface area (Å²) in [5.74, 6) is 0. The molecule has 114 valence electrons. The Hall–Kier alpha value is -1.36. The first-order valence-electron chi connectivity index (χ1n) is 7.15. The second kappa shape index (κ2) is 7.07. The van der Waals surface area contributed by atoms with E-state index in [4.69, 9.17) is 17.3 Å². The van der Waals surface area contributed by atoms with Crippen LogP contribution in [0.3, 0.4) is 0 Å². The molecule has 0 spiro atoms. The molecule has 1 aromatic carbocycles. The highest BCUT2D eigenvalue weighted by Gasteiger charge is 2.18. The number of nitrogens with zero attached hydrogens (tertiary/aromatic N) is 3. The van der Waals surface area contributed by atoms with E-state index in [0.717, 1.165) is 25.2 Å². The van der Waals surface area contributed by atoms with Gasteiger partial charge in [0.2, 0.25) is 0 Å². The van der Waals surface area contributed by atoms with Crippen LogP contribution in [0.15, 0.2) is 30.5 Å². The van der Waals surface area contributed by atoms with Gasteiger partial charge >= 0.3 is 0 Å². The van der Waals surface area contributed by atoms with E-state index in [2.05, 4.69) is 29.1 Å². The van der Waals surface area contributed by atoms with Gasteiger partial charge in [0.05, 0.1) is 29.5 Å². The average molecular weight is 307 g/mol. The molecule has 21 heavy (non-hydrogen) atoms. The Labute approximate surface area is 131 Å². The van der Waals surface area contributed by atoms with Crippen molar-refractivity contribution in [1.82, 2.24) is 14.7 Å². The van der Waals surface area contributed by atoms with Crippen molar-refractivity contribution in [3.8, 4) is 0 Å². The number of aromatic nitrogens is 2. The first-order chi connectivity index (χ1) is 9.99. The largest absolute Gasteiger partial charge is 0.322 e. The molecule has 1 atom stereocenters. The van der Waals surface area contributed by atoms with Crippen LogP contribution >= 0.6 is 11.6 Å². The van der Waals surface area contributed by atoms with E-state index < -0.39 is 0 Å². The minimum atomic E-state index is -0.150. The minimum absolute atomic E-state index is 0.150. The molecule has 4 nitrogen and oxygen atoms in total. The lowest BCUT2D eigenvalue weighted by atomic mass is 10.00. The molecule has 0 radical (unpaired) electrons. The number of likely N-dealkylation sites (N-methyl/N-ethyl adjacent to an activating group) is 1. The van der Waals surface area contributed by atoms with Crippen LogP contribution in [0.1, 0.15) is 22.9 Å². The molecule has 1 unspecified atom stereocenters. The molecule has 0 aliphatic heterocycles. The Morgan fingerprint density at radius 1 is 1.33 bits per heavy atom. The van der Waals surface area contributed by atoms with Crippen LogP contribution in [0.5, 0.6) is 0 Å². The van der Waals surface area contributed by atoms with E-state index in [1.165, 1.54) is 11.1 Å². The smallest absolute Gasteiger partial charge is 0.0834 e. The van der Waals surface area contributed by atoms with E-state index >= 15 is 0 Å². The van der Waals surface area contributed by atoms with Crippen molar-refractivity contribution in [1.29, 1.82) is 0 Å². The number of hydrogen-bond donors (Lipinski definition) is 1. The van der Waals surface area contributed by atoms with Gasteiger partial charge in [-0.2, -0.15) is 5.10 Å². The topological polar surface area (TPSA) is 47.1 Å². The molecule has 0 aliphatic carbocycles. The molecule has 0 saturated heterocycles. The van der Waals surface area contributed by atoms with Crippen LogP contribution in [0.25, 0.3) is 0 Å². The quantitative estimate of drug-likeness (QED) is 0.892. The van der Waals surface area contributed by atoms with Gasteiger partial charge in [-0.15, -0.1) is 0 Å². The summed E-state index contributed by atoms with van der Waals surface area (Å²) in [6.45, 7) is 3.80. The zero-order chi connectivity index (χ0) is 15.4. The average Bonchev–Trinajstić information content (AvgIpc) is 2.80. The Kier molecular flexibility index (Phi) is 5.39. The molecular formula is C16H23ClN4. The van der Waals surface area contributed by atoms with Crippen molar-refractivity contribution in [3.05, 3.63) is 52.3 Å². The summed E-state index contributed by atoms with van der Waals surface area (Å²) >= 11 is 6.28. The van der Waals surface area contributed by atoms with E-state index in [0.29, 0.717) is 5.02 Å². The van der Waals surface area contributed by atoms with E-state index in [1.807, 2.05) is 30.9 Å². The zero-order valence-corrected chi connectivity index (χ0v) is 13.6. The van der Waals surface area contributed by atoms with Crippen molar-refractivity contribution in [2.24, 2.45) is 5.73 Å². The Morgan fingerprint density at radius 2 is 2.05 bits per heavy atom. The summed E-state index contributed by atoms with van der Waals surface area (Å²) in [6, 6.07) is 8.15. The Morgan fingerprint density at radius 3 is 2.71 bits per heavy atom. The highest BCUT2D eigenvalue weighted by molar-refractivity contribution is 6.31. The third kappa shape index (κ3) is 4.06. The fourth-order valence-corrected chi connectivity index (χ4v) is 2.67. The van der Waals surface area contributed by atoms with Gasteiger partial charge in [0.25, 0.3) is 0 Å². The summed E-state index contributed by atoms with van der Waals surface area (Å²) in [6.07, 6.45) is 2.45. The van der Waals surface area contributed by atoms with Gasteiger partial charge in [-0.05, 0) is 38.6 Å². The summed E-state index contributed by atoms with van der Waals surface area (Å²) in [7, 11) is 4.08. The van der Waals surface area contributed by atoms with Crippen LogP contribution in [-0.2, 0) is 13.0 Å². The maximum absolute atomic E-state index is 6.39. The van der Waals surface area contributed by atoms with Crippen molar-refractivity contribution >= 4 is 11.6 Å². The van der Waals surface area contributed by atoms with Crippen LogP contribution in [0.4, 0.5) is 0 Å². The normalized spacial score (nSPS) is 12.9.